The van der Waals surface area contributed by atoms with Crippen molar-refractivity contribution in [3.8, 4) is 5.75 Å². The summed E-state index contributed by atoms with van der Waals surface area (Å²) in [6.45, 7) is -0.547. The van der Waals surface area contributed by atoms with E-state index in [-0.39, 0.29) is 40.7 Å². The predicted molar refractivity (Wildman–Crippen MR) is 120 cm³/mol. The summed E-state index contributed by atoms with van der Waals surface area (Å²) < 4.78 is 6.06. The van der Waals surface area contributed by atoms with E-state index in [0.29, 0.717) is 0 Å². The number of rotatable bonds is 4. The zero-order valence-corrected chi connectivity index (χ0v) is 19.5. The van der Waals surface area contributed by atoms with E-state index in [0.717, 1.165) is 31.6 Å². The van der Waals surface area contributed by atoms with Crippen LogP contribution in [0.15, 0.2) is 29.3 Å². The van der Waals surface area contributed by atoms with Gasteiger partial charge in [0.25, 0.3) is 0 Å². The molecular weight excluding hydrogens is 468 g/mol. The zero-order valence-electron chi connectivity index (χ0n) is 17.0. The number of carboxylic acid groups (broad SMARTS) is 1. The lowest BCUT2D eigenvalue weighted by molar-refractivity contribution is -0.149. The van der Waals surface area contributed by atoms with Crippen LogP contribution in [0.2, 0.25) is 0 Å². The van der Waals surface area contributed by atoms with Gasteiger partial charge >= 0.3 is 5.97 Å². The Morgan fingerprint density at radius 3 is 2.56 bits per heavy atom. The van der Waals surface area contributed by atoms with Crippen molar-refractivity contribution in [3.05, 3.63) is 38.7 Å². The van der Waals surface area contributed by atoms with Crippen molar-refractivity contribution in [2.45, 2.75) is 22.6 Å². The first-order valence-electron chi connectivity index (χ1n) is 10.5. The van der Waals surface area contributed by atoms with Crippen LogP contribution in [0.1, 0.15) is 22.8 Å². The van der Waals surface area contributed by atoms with Gasteiger partial charge in [-0.3, -0.25) is 19.3 Å². The van der Waals surface area contributed by atoms with Crippen LogP contribution in [-0.4, -0.2) is 51.7 Å². The van der Waals surface area contributed by atoms with E-state index in [1.54, 1.807) is 30.2 Å². The standard InChI is InChI=1S/C22H20N2O5S3/c1-29-9-4-2-8(3-5-9)13-14-10-6-11(17(14)31-19-18(13)32-22(30)23-19)16-15(10)20(27)24(21(16)28)7-12(25)26/h2-5,10-11,13-17H,6-7H2,1H3,(H,23,30)(H,25,26)/t10-,11+,13-,14-,15+,16+,17-/m0/s1. The number of H-pyrrole nitrogens is 1. The highest BCUT2D eigenvalue weighted by Gasteiger charge is 2.69. The second-order valence-electron chi connectivity index (χ2n) is 8.89. The van der Waals surface area contributed by atoms with E-state index in [4.69, 9.17) is 17.0 Å². The Bertz CT molecular complexity index is 1200. The number of fused-ring (bicyclic) bond motifs is 9. The number of thiazole rings is 1. The van der Waals surface area contributed by atoms with Gasteiger partial charge in [-0.25, -0.2) is 0 Å². The van der Waals surface area contributed by atoms with Crippen molar-refractivity contribution in [2.24, 2.45) is 29.6 Å². The number of hydrogen-bond donors (Lipinski definition) is 2. The molecule has 2 amide bonds. The Labute approximate surface area is 197 Å². The molecule has 3 heterocycles. The highest BCUT2D eigenvalue weighted by molar-refractivity contribution is 8.00. The van der Waals surface area contributed by atoms with Crippen LogP contribution in [0, 0.1) is 33.5 Å². The Balaban J connectivity index is 1.44. The van der Waals surface area contributed by atoms with Gasteiger partial charge in [0.2, 0.25) is 11.8 Å². The molecule has 1 saturated heterocycles. The second-order valence-corrected chi connectivity index (χ2v) is 11.8. The fourth-order valence-corrected chi connectivity index (χ4v) is 9.89. The van der Waals surface area contributed by atoms with Crippen molar-refractivity contribution in [1.82, 2.24) is 9.88 Å². The number of hydrogen-bond acceptors (Lipinski definition) is 7. The van der Waals surface area contributed by atoms with Crippen molar-refractivity contribution in [1.29, 1.82) is 0 Å². The SMILES string of the molecule is COc1ccc([C@@H]2c3sc(=S)[nH]c3S[C@H]3[C@@H]4C[C@H]([C@H]5C(=O)N(CC(=O)O)C(=O)[C@H]45)[C@@H]23)cc1. The molecule has 1 aromatic carbocycles. The van der Waals surface area contributed by atoms with Crippen LogP contribution in [-0.2, 0) is 14.4 Å². The van der Waals surface area contributed by atoms with Crippen molar-refractivity contribution in [3.63, 3.8) is 0 Å². The van der Waals surface area contributed by atoms with Crippen LogP contribution in [0.3, 0.4) is 0 Å². The molecule has 32 heavy (non-hydrogen) atoms. The number of carbonyl (C=O) groups is 3. The van der Waals surface area contributed by atoms with Gasteiger partial charge in [-0.2, -0.15) is 0 Å². The average Bonchev–Trinajstić information content (AvgIpc) is 3.49. The maximum absolute atomic E-state index is 13.2. The number of methoxy groups -OCH3 is 1. The highest BCUT2D eigenvalue weighted by atomic mass is 32.2. The van der Waals surface area contributed by atoms with E-state index >= 15 is 0 Å². The van der Waals surface area contributed by atoms with Crippen molar-refractivity contribution in [2.75, 3.05) is 13.7 Å². The minimum absolute atomic E-state index is 0.0497. The fraction of sp³-hybridized carbons (Fsp3) is 0.455. The predicted octanol–water partition coefficient (Wildman–Crippen LogP) is 3.37. The molecule has 2 bridgehead atoms. The molecule has 3 fully saturated rings. The average molecular weight is 489 g/mol. The van der Waals surface area contributed by atoms with Gasteiger partial charge in [-0.15, -0.1) is 23.1 Å². The molecule has 2 N–H and O–H groups in total. The van der Waals surface area contributed by atoms with Gasteiger partial charge in [-0.1, -0.05) is 12.1 Å². The molecule has 2 aliphatic heterocycles. The van der Waals surface area contributed by atoms with E-state index in [1.807, 2.05) is 12.1 Å². The molecule has 0 radical (unpaired) electrons. The molecule has 0 spiro atoms. The lowest BCUT2D eigenvalue weighted by atomic mass is 9.68. The molecule has 7 atom stereocenters. The summed E-state index contributed by atoms with van der Waals surface area (Å²) in [7, 11) is 1.64. The summed E-state index contributed by atoms with van der Waals surface area (Å²) in [5.41, 5.74) is 1.15. The number of thioether (sulfide) groups is 1. The van der Waals surface area contributed by atoms with Crippen LogP contribution >= 0.6 is 35.3 Å². The van der Waals surface area contributed by atoms with Crippen LogP contribution in [0.25, 0.3) is 0 Å². The van der Waals surface area contributed by atoms with Crippen LogP contribution in [0.5, 0.6) is 5.75 Å². The molecule has 2 aromatic rings. The summed E-state index contributed by atoms with van der Waals surface area (Å²) >= 11 is 8.79. The molecule has 10 heteroatoms. The summed E-state index contributed by atoms with van der Waals surface area (Å²) in [5.74, 6) is -1.42. The van der Waals surface area contributed by atoms with E-state index in [9.17, 15) is 19.5 Å². The van der Waals surface area contributed by atoms with E-state index < -0.39 is 24.3 Å². The summed E-state index contributed by atoms with van der Waals surface area (Å²) in [5, 5.41) is 10.4. The normalized spacial score (nSPS) is 34.4. The molecule has 166 valence electrons. The van der Waals surface area contributed by atoms with Gasteiger partial charge < -0.3 is 14.8 Å². The fourth-order valence-electron chi connectivity index (χ4n) is 6.55. The Kier molecular flexibility index (Phi) is 4.58. The van der Waals surface area contributed by atoms with Gasteiger partial charge in [0.05, 0.1) is 24.0 Å². The largest absolute Gasteiger partial charge is 0.497 e. The zero-order chi connectivity index (χ0) is 22.3. The second kappa shape index (κ2) is 7.16. The summed E-state index contributed by atoms with van der Waals surface area (Å²) in [6, 6.07) is 8.05. The van der Waals surface area contributed by atoms with E-state index in [2.05, 4.69) is 17.1 Å². The smallest absolute Gasteiger partial charge is 0.323 e. The number of nitrogens with one attached hydrogen (secondary N) is 1. The topological polar surface area (TPSA) is 99.7 Å². The van der Waals surface area contributed by atoms with Crippen LogP contribution in [0.4, 0.5) is 0 Å². The molecule has 2 saturated carbocycles. The van der Waals surface area contributed by atoms with E-state index in [1.165, 1.54) is 4.88 Å². The lowest BCUT2D eigenvalue weighted by Crippen LogP contribution is -2.42. The van der Waals surface area contributed by atoms with Gasteiger partial charge in [-0.05, 0) is 54.1 Å². The number of nitrogens with zero attached hydrogens (tertiary/aromatic N) is 1. The monoisotopic (exact) mass is 488 g/mol. The number of imide groups is 1. The third-order valence-corrected chi connectivity index (χ3v) is 10.5. The first-order chi connectivity index (χ1) is 15.4. The number of aromatic nitrogens is 1. The van der Waals surface area contributed by atoms with Gasteiger partial charge in [0, 0.05) is 16.0 Å². The first-order valence-corrected chi connectivity index (χ1v) is 12.6. The lowest BCUT2D eigenvalue weighted by Gasteiger charge is -2.43. The molecule has 2 aliphatic carbocycles. The number of aromatic amines is 1. The maximum atomic E-state index is 13.2. The highest BCUT2D eigenvalue weighted by Crippen LogP contribution is 2.68. The number of carbonyl (C=O) groups excluding carboxylic acids is 2. The Hall–Kier alpha value is -2.17. The summed E-state index contributed by atoms with van der Waals surface area (Å²) in [4.78, 5) is 43.0. The van der Waals surface area contributed by atoms with Crippen LogP contribution < -0.4 is 4.74 Å². The summed E-state index contributed by atoms with van der Waals surface area (Å²) in [6.07, 6.45) is 0.832. The third kappa shape index (κ3) is 2.72. The number of carboxylic acids is 1. The number of aliphatic carboxylic acids is 1. The molecule has 4 aliphatic rings. The van der Waals surface area contributed by atoms with Crippen molar-refractivity contribution >= 4 is 53.1 Å². The molecule has 7 nitrogen and oxygen atoms in total. The first kappa shape index (κ1) is 20.4. The Morgan fingerprint density at radius 2 is 1.91 bits per heavy atom. The number of ether oxygens (including phenoxy) is 1. The maximum Gasteiger partial charge on any atom is 0.323 e. The quantitative estimate of drug-likeness (QED) is 0.503. The molecule has 6 rings (SSSR count). The molecule has 1 aromatic heterocycles. The van der Waals surface area contributed by atoms with Gasteiger partial charge in [0.15, 0.2) is 3.95 Å². The Morgan fingerprint density at radius 1 is 1.22 bits per heavy atom. The number of benzene rings is 1. The third-order valence-electron chi connectivity index (χ3n) is 7.58. The number of amides is 2. The molecular formula is C22H20N2O5S3. The molecule has 0 unspecified atom stereocenters. The minimum atomic E-state index is -1.16. The van der Waals surface area contributed by atoms with Crippen molar-refractivity contribution < 1.29 is 24.2 Å². The minimum Gasteiger partial charge on any atom is -0.497 e. The number of likely N-dealkylation sites (tertiary alicyclic amines) is 1. The van der Waals surface area contributed by atoms with Gasteiger partial charge in [0.1, 0.15) is 12.3 Å².